The number of carbonyl (C=O) groups excluding carboxylic acids is 3. The van der Waals surface area contributed by atoms with Gasteiger partial charge in [0, 0.05) is 6.07 Å². The van der Waals surface area contributed by atoms with Gasteiger partial charge < -0.3 is 14.6 Å². The third-order valence-corrected chi connectivity index (χ3v) is 4.51. The number of phenolic OH excluding ortho intramolecular Hbond substituents is 1. The Bertz CT molecular complexity index is 851. The Balaban J connectivity index is 2.39. The molecule has 10 nitrogen and oxygen atoms in total. The molecule has 27 heavy (non-hydrogen) atoms. The van der Waals surface area contributed by atoms with Gasteiger partial charge in [0.05, 0.1) is 23.5 Å². The molecule has 144 valence electrons. The molecule has 11 heteroatoms. The minimum atomic E-state index is -1.10. The van der Waals surface area contributed by atoms with E-state index in [9.17, 15) is 29.6 Å². The van der Waals surface area contributed by atoms with Gasteiger partial charge in [-0.15, -0.1) is 0 Å². The van der Waals surface area contributed by atoms with E-state index >= 15 is 0 Å². The number of nitro groups is 1. The number of hydrogen-bond acceptors (Lipinski definition) is 9. The highest BCUT2D eigenvalue weighted by molar-refractivity contribution is 8.18. The van der Waals surface area contributed by atoms with Crippen molar-refractivity contribution in [1.82, 2.24) is 4.90 Å². The molecule has 0 aliphatic carbocycles. The lowest BCUT2D eigenvalue weighted by molar-refractivity contribution is -0.386. The largest absolute Gasteiger partial charge is 0.500 e. The summed E-state index contributed by atoms with van der Waals surface area (Å²) < 4.78 is 9.71. The molecule has 2 amide bonds. The van der Waals surface area contributed by atoms with Crippen molar-refractivity contribution in [2.75, 3.05) is 13.7 Å². The Hall–Kier alpha value is -3.08. The molecule has 1 aliphatic heterocycles. The van der Waals surface area contributed by atoms with Gasteiger partial charge in [0.1, 0.15) is 6.04 Å². The van der Waals surface area contributed by atoms with Crippen molar-refractivity contribution in [2.24, 2.45) is 0 Å². The van der Waals surface area contributed by atoms with Crippen molar-refractivity contribution < 1.29 is 33.9 Å². The number of esters is 1. The molecule has 0 radical (unpaired) electrons. The predicted molar refractivity (Wildman–Crippen MR) is 95.2 cm³/mol. The zero-order chi connectivity index (χ0) is 20.3. The lowest BCUT2D eigenvalue weighted by atomic mass is 10.1. The first-order valence-electron chi connectivity index (χ1n) is 7.70. The second kappa shape index (κ2) is 8.08. The van der Waals surface area contributed by atoms with E-state index in [1.54, 1.807) is 6.92 Å². The third kappa shape index (κ3) is 4.03. The summed E-state index contributed by atoms with van der Waals surface area (Å²) in [6.45, 7) is 3.07. The summed E-state index contributed by atoms with van der Waals surface area (Å²) in [4.78, 5) is 47.4. The Morgan fingerprint density at radius 2 is 2.11 bits per heavy atom. The molecule has 1 N–H and O–H groups in total. The Morgan fingerprint density at radius 3 is 2.67 bits per heavy atom. The Labute approximate surface area is 157 Å². The van der Waals surface area contributed by atoms with E-state index in [4.69, 9.17) is 9.47 Å². The minimum absolute atomic E-state index is 0.0295. The van der Waals surface area contributed by atoms with Crippen LogP contribution in [-0.2, 0) is 14.3 Å². The van der Waals surface area contributed by atoms with E-state index < -0.39 is 39.5 Å². The van der Waals surface area contributed by atoms with Crippen molar-refractivity contribution >= 4 is 40.6 Å². The molecule has 0 spiro atoms. The number of methoxy groups -OCH3 is 1. The van der Waals surface area contributed by atoms with E-state index in [0.717, 1.165) is 11.0 Å². The van der Waals surface area contributed by atoms with Crippen molar-refractivity contribution in [1.29, 1.82) is 0 Å². The van der Waals surface area contributed by atoms with Crippen molar-refractivity contribution in [3.8, 4) is 11.5 Å². The van der Waals surface area contributed by atoms with E-state index in [1.807, 2.05) is 0 Å². The predicted octanol–water partition coefficient (Wildman–Crippen LogP) is 2.30. The van der Waals surface area contributed by atoms with Crippen LogP contribution in [0.25, 0.3) is 6.08 Å². The van der Waals surface area contributed by atoms with Crippen LogP contribution >= 0.6 is 11.8 Å². The van der Waals surface area contributed by atoms with E-state index in [2.05, 4.69) is 0 Å². The molecule has 0 unspecified atom stereocenters. The zero-order valence-electron chi connectivity index (χ0n) is 14.6. The molecular formula is C16H16N2O8S. The summed E-state index contributed by atoms with van der Waals surface area (Å²) in [5.41, 5.74) is -0.439. The van der Waals surface area contributed by atoms with Crippen LogP contribution in [-0.4, -0.2) is 51.8 Å². The molecule has 1 aromatic rings. The molecule has 1 heterocycles. The smallest absolute Gasteiger partial charge is 0.329 e. The molecule has 0 bridgehead atoms. The van der Waals surface area contributed by atoms with Crippen LogP contribution in [0.1, 0.15) is 19.4 Å². The minimum Gasteiger partial charge on any atom is -0.500 e. The summed E-state index contributed by atoms with van der Waals surface area (Å²) >= 11 is 0.590. The SMILES string of the molecule is CCOC(=O)[C@@H](C)N1C(=O)S/C(=C/c2cc(OC)c(O)c([N+](=O)[O-])c2)C1=O. The van der Waals surface area contributed by atoms with Crippen LogP contribution in [0.2, 0.25) is 0 Å². The lowest BCUT2D eigenvalue weighted by Gasteiger charge is -2.19. The van der Waals surface area contributed by atoms with Crippen LogP contribution in [0.4, 0.5) is 10.5 Å². The monoisotopic (exact) mass is 396 g/mol. The molecular weight excluding hydrogens is 380 g/mol. The van der Waals surface area contributed by atoms with Gasteiger partial charge in [-0.05, 0) is 43.3 Å². The molecule has 1 aliphatic rings. The number of phenols is 1. The average molecular weight is 396 g/mol. The molecule has 1 aromatic carbocycles. The van der Waals surface area contributed by atoms with E-state index in [0.29, 0.717) is 11.8 Å². The van der Waals surface area contributed by atoms with Crippen molar-refractivity contribution in [2.45, 2.75) is 19.9 Å². The first-order chi connectivity index (χ1) is 12.7. The molecule has 1 fully saturated rings. The maximum Gasteiger partial charge on any atom is 0.329 e. The average Bonchev–Trinajstić information content (AvgIpc) is 2.89. The number of nitrogens with zero attached hydrogens (tertiary/aromatic N) is 2. The van der Waals surface area contributed by atoms with E-state index in [1.165, 1.54) is 26.2 Å². The number of nitro benzene ring substituents is 1. The standard InChI is InChI=1S/C16H16N2O8S/c1-4-26-15(21)8(2)17-14(20)12(27-16(17)22)7-9-5-10(18(23)24)13(19)11(6-9)25-3/h5-8,19H,4H2,1-3H3/b12-7+/t8-/m1/s1. The second-order valence-corrected chi connectivity index (χ2v) is 6.32. The number of benzene rings is 1. The highest BCUT2D eigenvalue weighted by atomic mass is 32.2. The summed E-state index contributed by atoms with van der Waals surface area (Å²) in [6.07, 6.45) is 1.25. The summed E-state index contributed by atoms with van der Waals surface area (Å²) in [5, 5.41) is 20.2. The van der Waals surface area contributed by atoms with Gasteiger partial charge in [-0.3, -0.25) is 24.6 Å². The van der Waals surface area contributed by atoms with Gasteiger partial charge in [0.25, 0.3) is 11.1 Å². The summed E-state index contributed by atoms with van der Waals surface area (Å²) in [5.74, 6) is -2.25. The fourth-order valence-corrected chi connectivity index (χ4v) is 3.23. The number of ether oxygens (including phenoxy) is 2. The normalized spacial score (nSPS) is 16.6. The third-order valence-electron chi connectivity index (χ3n) is 3.63. The van der Waals surface area contributed by atoms with Gasteiger partial charge in [0.2, 0.25) is 5.75 Å². The molecule has 1 atom stereocenters. The second-order valence-electron chi connectivity index (χ2n) is 5.33. The quantitative estimate of drug-likeness (QED) is 0.332. The van der Waals surface area contributed by atoms with Gasteiger partial charge in [-0.25, -0.2) is 4.79 Å². The number of thioether (sulfide) groups is 1. The Morgan fingerprint density at radius 1 is 1.44 bits per heavy atom. The van der Waals surface area contributed by atoms with Gasteiger partial charge >= 0.3 is 11.7 Å². The number of imide groups is 1. The van der Waals surface area contributed by atoms with Gasteiger partial charge in [-0.2, -0.15) is 0 Å². The maximum absolute atomic E-state index is 12.5. The summed E-state index contributed by atoms with van der Waals surface area (Å²) in [6, 6.07) is 1.22. The topological polar surface area (TPSA) is 136 Å². The van der Waals surface area contributed by atoms with Gasteiger partial charge in [-0.1, -0.05) is 0 Å². The fraction of sp³-hybridized carbons (Fsp3) is 0.312. The van der Waals surface area contributed by atoms with Crippen LogP contribution in [0, 0.1) is 10.1 Å². The van der Waals surface area contributed by atoms with Gasteiger partial charge in [0.15, 0.2) is 5.75 Å². The summed E-state index contributed by atoms with van der Waals surface area (Å²) in [7, 11) is 1.22. The highest BCUT2D eigenvalue weighted by Gasteiger charge is 2.41. The number of rotatable bonds is 6. The molecule has 0 aromatic heterocycles. The van der Waals surface area contributed by atoms with Crippen LogP contribution < -0.4 is 4.74 Å². The number of carbonyl (C=O) groups is 3. The number of aromatic hydroxyl groups is 1. The van der Waals surface area contributed by atoms with Crippen LogP contribution in [0.5, 0.6) is 11.5 Å². The van der Waals surface area contributed by atoms with E-state index in [-0.39, 0.29) is 22.8 Å². The number of hydrogen-bond donors (Lipinski definition) is 1. The fourth-order valence-electron chi connectivity index (χ4n) is 2.33. The molecule has 0 saturated carbocycles. The first kappa shape index (κ1) is 20.2. The molecule has 1 saturated heterocycles. The lowest BCUT2D eigenvalue weighted by Crippen LogP contribution is -2.42. The maximum atomic E-state index is 12.5. The highest BCUT2D eigenvalue weighted by Crippen LogP contribution is 2.39. The van der Waals surface area contributed by atoms with Crippen molar-refractivity contribution in [3.63, 3.8) is 0 Å². The van der Waals surface area contributed by atoms with Crippen LogP contribution in [0.15, 0.2) is 17.0 Å². The molecule has 2 rings (SSSR count). The van der Waals surface area contributed by atoms with Crippen molar-refractivity contribution in [3.05, 3.63) is 32.7 Å². The zero-order valence-corrected chi connectivity index (χ0v) is 15.4. The number of amides is 2. The first-order valence-corrected chi connectivity index (χ1v) is 8.52. The van der Waals surface area contributed by atoms with Crippen LogP contribution in [0.3, 0.4) is 0 Å². The Kier molecular flexibility index (Phi) is 6.05.